The Morgan fingerprint density at radius 1 is 1.24 bits per heavy atom. The minimum Gasteiger partial charge on any atom is -0.495 e. The zero-order valence-electron chi connectivity index (χ0n) is 14.4. The van der Waals surface area contributed by atoms with Crippen LogP contribution in [0.15, 0.2) is 48.0 Å². The van der Waals surface area contributed by atoms with E-state index in [1.54, 1.807) is 7.11 Å². The number of ether oxygens (including phenoxy) is 1. The van der Waals surface area contributed by atoms with Crippen molar-refractivity contribution in [3.63, 3.8) is 0 Å². The Bertz CT molecular complexity index is 846. The summed E-state index contributed by atoms with van der Waals surface area (Å²) in [5.41, 5.74) is 5.33. The lowest BCUT2D eigenvalue weighted by molar-refractivity contribution is 0.214. The third-order valence-corrected chi connectivity index (χ3v) is 4.85. The van der Waals surface area contributed by atoms with E-state index >= 15 is 0 Å². The number of amides is 2. The summed E-state index contributed by atoms with van der Waals surface area (Å²) in [4.78, 5) is 14.6. The average Bonchev–Trinajstić information content (AvgIpc) is 3.05. The molecule has 2 aromatic carbocycles. The predicted molar refractivity (Wildman–Crippen MR) is 99.9 cm³/mol. The van der Waals surface area contributed by atoms with E-state index in [1.165, 1.54) is 11.1 Å². The van der Waals surface area contributed by atoms with E-state index in [0.717, 1.165) is 29.1 Å². The lowest BCUT2D eigenvalue weighted by Gasteiger charge is -2.31. The predicted octanol–water partition coefficient (Wildman–Crippen LogP) is 4.08. The van der Waals surface area contributed by atoms with Crippen molar-refractivity contribution in [2.75, 3.05) is 24.3 Å². The molecule has 0 spiro atoms. The number of hydrogen-bond donors (Lipinski definition) is 2. The van der Waals surface area contributed by atoms with Crippen molar-refractivity contribution in [2.24, 2.45) is 0 Å². The van der Waals surface area contributed by atoms with Crippen LogP contribution in [0.1, 0.15) is 17.5 Å². The summed E-state index contributed by atoms with van der Waals surface area (Å²) in [5, 5.41) is 6.48. The first kappa shape index (κ1) is 15.6. The third kappa shape index (κ3) is 2.71. The van der Waals surface area contributed by atoms with E-state index in [1.807, 2.05) is 41.3 Å². The molecule has 0 bridgehead atoms. The number of para-hydroxylation sites is 1. The highest BCUT2D eigenvalue weighted by Gasteiger charge is 2.36. The van der Waals surface area contributed by atoms with E-state index in [-0.39, 0.29) is 12.2 Å². The molecule has 0 aromatic heterocycles. The van der Waals surface area contributed by atoms with Crippen LogP contribution in [0.4, 0.5) is 16.2 Å². The average molecular weight is 335 g/mol. The van der Waals surface area contributed by atoms with Crippen LogP contribution in [0.2, 0.25) is 0 Å². The molecule has 2 amide bonds. The van der Waals surface area contributed by atoms with Gasteiger partial charge in [0.2, 0.25) is 0 Å². The number of fused-ring (bicyclic) bond motifs is 2. The summed E-state index contributed by atoms with van der Waals surface area (Å²) in [6.45, 7) is 2.78. The van der Waals surface area contributed by atoms with Crippen molar-refractivity contribution in [2.45, 2.75) is 19.5 Å². The Hall–Kier alpha value is -2.95. The lowest BCUT2D eigenvalue weighted by Crippen LogP contribution is -2.44. The van der Waals surface area contributed by atoms with E-state index in [4.69, 9.17) is 4.74 Å². The van der Waals surface area contributed by atoms with Gasteiger partial charge in [-0.1, -0.05) is 24.3 Å². The van der Waals surface area contributed by atoms with Crippen LogP contribution in [0.3, 0.4) is 0 Å². The van der Waals surface area contributed by atoms with Gasteiger partial charge in [-0.05, 0) is 48.8 Å². The van der Waals surface area contributed by atoms with Crippen molar-refractivity contribution in [3.8, 4) is 5.75 Å². The normalized spacial score (nSPS) is 17.9. The van der Waals surface area contributed by atoms with Gasteiger partial charge < -0.3 is 15.4 Å². The molecule has 2 aliphatic rings. The Kier molecular flexibility index (Phi) is 3.84. The highest BCUT2D eigenvalue weighted by Crippen LogP contribution is 2.40. The molecule has 0 aliphatic carbocycles. The first-order chi connectivity index (χ1) is 12.2. The summed E-state index contributed by atoms with van der Waals surface area (Å²) in [5.74, 6) is 0.797. The number of carbonyl (C=O) groups excluding carboxylic acids is 1. The van der Waals surface area contributed by atoms with Crippen LogP contribution in [0, 0.1) is 6.92 Å². The number of anilines is 2. The first-order valence-corrected chi connectivity index (χ1v) is 8.44. The van der Waals surface area contributed by atoms with Gasteiger partial charge in [0.1, 0.15) is 11.9 Å². The zero-order valence-corrected chi connectivity index (χ0v) is 14.4. The number of aryl methyl sites for hydroxylation is 1. The molecule has 1 atom stereocenters. The topological polar surface area (TPSA) is 53.6 Å². The van der Waals surface area contributed by atoms with Crippen LogP contribution < -0.4 is 15.4 Å². The van der Waals surface area contributed by atoms with Gasteiger partial charge in [-0.2, -0.15) is 0 Å². The fraction of sp³-hybridized carbons (Fsp3) is 0.250. The Morgan fingerprint density at radius 2 is 2.04 bits per heavy atom. The van der Waals surface area contributed by atoms with Crippen molar-refractivity contribution in [1.29, 1.82) is 0 Å². The maximum Gasteiger partial charge on any atom is 0.323 e. The number of nitrogens with zero attached hydrogens (tertiary/aromatic N) is 1. The molecule has 5 nitrogen and oxygen atoms in total. The highest BCUT2D eigenvalue weighted by molar-refractivity contribution is 5.91. The second-order valence-corrected chi connectivity index (χ2v) is 6.38. The summed E-state index contributed by atoms with van der Waals surface area (Å²) < 4.78 is 5.50. The number of rotatable bonds is 2. The van der Waals surface area contributed by atoms with E-state index in [2.05, 4.69) is 29.7 Å². The lowest BCUT2D eigenvalue weighted by atomic mass is 9.97. The Labute approximate surface area is 147 Å². The van der Waals surface area contributed by atoms with Gasteiger partial charge in [0.05, 0.1) is 12.8 Å². The van der Waals surface area contributed by atoms with E-state index in [0.29, 0.717) is 6.54 Å². The van der Waals surface area contributed by atoms with Crippen molar-refractivity contribution in [1.82, 2.24) is 4.90 Å². The molecule has 2 aliphatic heterocycles. The first-order valence-electron chi connectivity index (χ1n) is 8.44. The van der Waals surface area contributed by atoms with Crippen LogP contribution in [0.25, 0.3) is 6.08 Å². The molecular weight excluding hydrogens is 314 g/mol. The number of urea groups is 1. The molecule has 128 valence electrons. The summed E-state index contributed by atoms with van der Waals surface area (Å²) in [7, 11) is 1.67. The second kappa shape index (κ2) is 6.16. The smallest absolute Gasteiger partial charge is 0.323 e. The molecule has 5 heteroatoms. The number of nitrogens with one attached hydrogen (secondary N) is 2. The molecule has 2 N–H and O–H groups in total. The van der Waals surface area contributed by atoms with Gasteiger partial charge in [0.15, 0.2) is 0 Å². The van der Waals surface area contributed by atoms with E-state index in [9.17, 15) is 4.79 Å². The maximum absolute atomic E-state index is 12.7. The highest BCUT2D eigenvalue weighted by atomic mass is 16.5. The number of methoxy groups -OCH3 is 1. The van der Waals surface area contributed by atoms with Crippen molar-refractivity contribution in [3.05, 3.63) is 59.2 Å². The number of carbonyl (C=O) groups is 1. The molecular formula is C20H21N3O2. The zero-order chi connectivity index (χ0) is 17.4. The molecule has 1 fully saturated rings. The van der Waals surface area contributed by atoms with E-state index < -0.39 is 0 Å². The van der Waals surface area contributed by atoms with Gasteiger partial charge in [-0.3, -0.25) is 4.90 Å². The fourth-order valence-electron chi connectivity index (χ4n) is 3.50. The van der Waals surface area contributed by atoms with Crippen LogP contribution in [0.5, 0.6) is 5.75 Å². The number of benzene rings is 2. The summed E-state index contributed by atoms with van der Waals surface area (Å²) in [6, 6.07) is 13.5. The van der Waals surface area contributed by atoms with Crippen molar-refractivity contribution < 1.29 is 9.53 Å². The fourth-order valence-corrected chi connectivity index (χ4v) is 3.50. The number of hydrogen-bond acceptors (Lipinski definition) is 3. The molecule has 2 heterocycles. The third-order valence-electron chi connectivity index (χ3n) is 4.85. The Morgan fingerprint density at radius 3 is 2.80 bits per heavy atom. The van der Waals surface area contributed by atoms with Gasteiger partial charge in [0, 0.05) is 17.8 Å². The van der Waals surface area contributed by atoms with Crippen LogP contribution >= 0.6 is 0 Å². The molecule has 1 unspecified atom stereocenters. The minimum absolute atomic E-state index is 0.0952. The van der Waals surface area contributed by atoms with Crippen LogP contribution in [-0.4, -0.2) is 30.8 Å². The SMILES string of the molecule is COc1ccc(C)c2c1NC1C(=C2)CCN1C(=O)Nc1ccccc1. The largest absolute Gasteiger partial charge is 0.495 e. The van der Waals surface area contributed by atoms with Gasteiger partial charge in [-0.15, -0.1) is 0 Å². The molecule has 0 radical (unpaired) electrons. The molecule has 25 heavy (non-hydrogen) atoms. The second-order valence-electron chi connectivity index (χ2n) is 6.38. The standard InChI is InChI=1S/C20H21N3O2/c1-13-8-9-17(25-2)18-16(13)12-14-10-11-23(19(14)22-18)20(24)21-15-6-4-3-5-7-15/h3-9,12,19,22H,10-11H2,1-2H3,(H,21,24). The molecule has 1 saturated heterocycles. The molecule has 4 rings (SSSR count). The Balaban J connectivity index is 1.61. The minimum atomic E-state index is -0.132. The maximum atomic E-state index is 12.7. The monoisotopic (exact) mass is 335 g/mol. The molecule has 0 saturated carbocycles. The molecule has 2 aromatic rings. The van der Waals surface area contributed by atoms with Crippen LogP contribution in [-0.2, 0) is 0 Å². The number of likely N-dealkylation sites (tertiary alicyclic amines) is 1. The van der Waals surface area contributed by atoms with Gasteiger partial charge in [0.25, 0.3) is 0 Å². The quantitative estimate of drug-likeness (QED) is 0.869. The summed E-state index contributed by atoms with van der Waals surface area (Å²) >= 11 is 0. The van der Waals surface area contributed by atoms with Gasteiger partial charge in [-0.25, -0.2) is 4.79 Å². The summed E-state index contributed by atoms with van der Waals surface area (Å²) in [6.07, 6.45) is 2.94. The van der Waals surface area contributed by atoms with Gasteiger partial charge >= 0.3 is 6.03 Å². The van der Waals surface area contributed by atoms with Crippen molar-refractivity contribution >= 4 is 23.5 Å².